The molecule has 3 aromatic rings. The third kappa shape index (κ3) is 5.94. The predicted octanol–water partition coefficient (Wildman–Crippen LogP) is 5.98. The Bertz CT molecular complexity index is 1020. The number of halogens is 1. The van der Waals surface area contributed by atoms with Crippen LogP contribution in [0.25, 0.3) is 0 Å². The molecule has 1 N–H and O–H groups in total. The van der Waals surface area contributed by atoms with Gasteiger partial charge in [-0.05, 0) is 59.0 Å². The summed E-state index contributed by atoms with van der Waals surface area (Å²) in [6.07, 6.45) is 1.60. The van der Waals surface area contributed by atoms with Crippen molar-refractivity contribution < 1.29 is 9.53 Å². The molecule has 0 atom stereocenters. The van der Waals surface area contributed by atoms with Gasteiger partial charge in [-0.15, -0.1) is 0 Å². The first-order chi connectivity index (χ1) is 14.3. The first-order valence-electron chi connectivity index (χ1n) is 9.73. The molecule has 5 heteroatoms. The second-order valence-corrected chi connectivity index (χ2v) is 8.38. The number of nitrogens with one attached hydrogen (secondary N) is 1. The standard InChI is InChI=1S/C25H25ClN2O2/c1-25(2,3)21-12-10-19(11-13-21)24(29)28-27-16-18-8-14-22(15-9-18)30-17-20-6-4-5-7-23(20)26/h4-16H,17H2,1-3H3,(H,28,29)/b27-16+. The van der Waals surface area contributed by atoms with Crippen LogP contribution in [-0.4, -0.2) is 12.1 Å². The molecule has 0 unspecified atom stereocenters. The number of rotatable bonds is 6. The molecule has 3 aromatic carbocycles. The van der Waals surface area contributed by atoms with Crippen molar-refractivity contribution in [3.8, 4) is 5.75 Å². The third-order valence-corrected chi connectivity index (χ3v) is 4.99. The van der Waals surface area contributed by atoms with Gasteiger partial charge in [0.2, 0.25) is 0 Å². The van der Waals surface area contributed by atoms with Gasteiger partial charge in [0.05, 0.1) is 6.21 Å². The van der Waals surface area contributed by atoms with Gasteiger partial charge < -0.3 is 4.74 Å². The maximum Gasteiger partial charge on any atom is 0.271 e. The van der Waals surface area contributed by atoms with Crippen molar-refractivity contribution in [1.29, 1.82) is 0 Å². The molecule has 0 saturated heterocycles. The molecule has 0 saturated carbocycles. The van der Waals surface area contributed by atoms with Gasteiger partial charge in [0.25, 0.3) is 5.91 Å². The minimum atomic E-state index is -0.244. The maximum atomic E-state index is 12.2. The van der Waals surface area contributed by atoms with Gasteiger partial charge in [-0.25, -0.2) is 5.43 Å². The van der Waals surface area contributed by atoms with Crippen molar-refractivity contribution >= 4 is 23.7 Å². The number of amides is 1. The summed E-state index contributed by atoms with van der Waals surface area (Å²) in [4.78, 5) is 12.2. The molecule has 0 heterocycles. The molecule has 1 amide bonds. The zero-order valence-electron chi connectivity index (χ0n) is 17.4. The maximum absolute atomic E-state index is 12.2. The number of carbonyl (C=O) groups excluding carboxylic acids is 1. The van der Waals surface area contributed by atoms with E-state index < -0.39 is 0 Å². The van der Waals surface area contributed by atoms with E-state index in [4.69, 9.17) is 16.3 Å². The molecular formula is C25H25ClN2O2. The zero-order chi connectivity index (χ0) is 21.6. The van der Waals surface area contributed by atoms with E-state index in [0.717, 1.165) is 16.9 Å². The Hall–Kier alpha value is -3.11. The van der Waals surface area contributed by atoms with Gasteiger partial charge in [0.1, 0.15) is 12.4 Å². The van der Waals surface area contributed by atoms with Gasteiger partial charge in [-0.1, -0.05) is 62.7 Å². The van der Waals surface area contributed by atoms with Gasteiger partial charge in [0, 0.05) is 16.1 Å². The van der Waals surface area contributed by atoms with Crippen molar-refractivity contribution in [2.45, 2.75) is 32.8 Å². The summed E-state index contributed by atoms with van der Waals surface area (Å²) in [6, 6.07) is 22.6. The summed E-state index contributed by atoms with van der Waals surface area (Å²) in [7, 11) is 0. The summed E-state index contributed by atoms with van der Waals surface area (Å²) >= 11 is 6.14. The van der Waals surface area contributed by atoms with Crippen molar-refractivity contribution in [2.75, 3.05) is 0 Å². The summed E-state index contributed by atoms with van der Waals surface area (Å²) in [5.74, 6) is 0.487. The van der Waals surface area contributed by atoms with E-state index in [1.54, 1.807) is 6.21 Å². The lowest BCUT2D eigenvalue weighted by Crippen LogP contribution is -2.18. The quantitative estimate of drug-likeness (QED) is 0.394. The zero-order valence-corrected chi connectivity index (χ0v) is 18.1. The molecule has 0 aliphatic heterocycles. The van der Waals surface area contributed by atoms with Crippen molar-refractivity contribution in [1.82, 2.24) is 5.43 Å². The fraction of sp³-hybridized carbons (Fsp3) is 0.200. The average molecular weight is 421 g/mol. The number of hydrogen-bond donors (Lipinski definition) is 1. The van der Waals surface area contributed by atoms with Crippen LogP contribution in [0.4, 0.5) is 0 Å². The highest BCUT2D eigenvalue weighted by Gasteiger charge is 2.14. The van der Waals surface area contributed by atoms with Crippen molar-refractivity contribution in [2.24, 2.45) is 5.10 Å². The SMILES string of the molecule is CC(C)(C)c1ccc(C(=O)N/N=C/c2ccc(OCc3ccccc3Cl)cc2)cc1. The Balaban J connectivity index is 1.52. The van der Waals surface area contributed by atoms with Gasteiger partial charge in [-0.3, -0.25) is 4.79 Å². The molecule has 0 aliphatic carbocycles. The minimum Gasteiger partial charge on any atom is -0.489 e. The van der Waals surface area contributed by atoms with E-state index in [-0.39, 0.29) is 11.3 Å². The molecule has 3 rings (SSSR count). The minimum absolute atomic E-state index is 0.0520. The van der Waals surface area contributed by atoms with Crippen molar-refractivity contribution in [3.63, 3.8) is 0 Å². The van der Waals surface area contributed by atoms with Gasteiger partial charge in [0.15, 0.2) is 0 Å². The highest BCUT2D eigenvalue weighted by molar-refractivity contribution is 6.31. The molecule has 30 heavy (non-hydrogen) atoms. The molecule has 0 spiro atoms. The van der Waals surface area contributed by atoms with Crippen LogP contribution < -0.4 is 10.2 Å². The molecule has 154 valence electrons. The largest absolute Gasteiger partial charge is 0.489 e. The summed E-state index contributed by atoms with van der Waals surface area (Å²) in [5, 5.41) is 4.73. The van der Waals surface area contributed by atoms with Crippen LogP contribution in [0.3, 0.4) is 0 Å². The van der Waals surface area contributed by atoms with Gasteiger partial charge in [-0.2, -0.15) is 5.10 Å². The monoisotopic (exact) mass is 420 g/mol. The fourth-order valence-electron chi connectivity index (χ4n) is 2.78. The van der Waals surface area contributed by atoms with Gasteiger partial charge >= 0.3 is 0 Å². The molecule has 0 radical (unpaired) electrons. The molecule has 0 aliphatic rings. The van der Waals surface area contributed by atoms with E-state index in [9.17, 15) is 4.79 Å². The summed E-state index contributed by atoms with van der Waals surface area (Å²) in [5.41, 5.74) is 6.15. The summed E-state index contributed by atoms with van der Waals surface area (Å²) < 4.78 is 5.76. The second kappa shape index (κ2) is 9.59. The van der Waals surface area contributed by atoms with Crippen LogP contribution in [-0.2, 0) is 12.0 Å². The molecular weight excluding hydrogens is 396 g/mol. The van der Waals surface area contributed by atoms with E-state index in [1.165, 1.54) is 5.56 Å². The number of hydrazone groups is 1. The lowest BCUT2D eigenvalue weighted by Gasteiger charge is -2.18. The molecule has 4 nitrogen and oxygen atoms in total. The van der Waals surface area contributed by atoms with Crippen LogP contribution >= 0.6 is 11.6 Å². The topological polar surface area (TPSA) is 50.7 Å². The lowest BCUT2D eigenvalue weighted by atomic mass is 9.87. The van der Waals surface area contributed by atoms with E-state index in [2.05, 4.69) is 31.3 Å². The van der Waals surface area contributed by atoms with Crippen LogP contribution in [0.2, 0.25) is 5.02 Å². The Labute approximate surface area is 182 Å². The molecule has 0 fully saturated rings. The number of ether oxygens (including phenoxy) is 1. The third-order valence-electron chi connectivity index (χ3n) is 4.63. The normalized spacial score (nSPS) is 11.5. The molecule has 0 bridgehead atoms. The Morgan fingerprint density at radius 1 is 1.00 bits per heavy atom. The van der Waals surface area contributed by atoms with Crippen LogP contribution in [0, 0.1) is 0 Å². The first-order valence-corrected chi connectivity index (χ1v) is 10.1. The smallest absolute Gasteiger partial charge is 0.271 e. The van der Waals surface area contributed by atoms with Crippen LogP contribution in [0.15, 0.2) is 77.9 Å². The lowest BCUT2D eigenvalue weighted by molar-refractivity contribution is 0.0955. The second-order valence-electron chi connectivity index (χ2n) is 7.98. The molecule has 0 aromatic heterocycles. The number of benzene rings is 3. The highest BCUT2D eigenvalue weighted by atomic mass is 35.5. The number of hydrogen-bond acceptors (Lipinski definition) is 3. The average Bonchev–Trinajstić information content (AvgIpc) is 2.73. The Morgan fingerprint density at radius 2 is 1.67 bits per heavy atom. The van der Waals surface area contributed by atoms with E-state index in [1.807, 2.05) is 72.8 Å². The number of nitrogens with zero attached hydrogens (tertiary/aromatic N) is 1. The predicted molar refractivity (Wildman–Crippen MR) is 122 cm³/mol. The van der Waals surface area contributed by atoms with E-state index >= 15 is 0 Å². The first kappa shape index (κ1) is 21.6. The fourth-order valence-corrected chi connectivity index (χ4v) is 2.97. The Kier molecular flexibility index (Phi) is 6.91. The van der Waals surface area contributed by atoms with Crippen LogP contribution in [0.1, 0.15) is 47.8 Å². The Morgan fingerprint density at radius 3 is 2.30 bits per heavy atom. The van der Waals surface area contributed by atoms with E-state index in [0.29, 0.717) is 17.2 Å². The number of carbonyl (C=O) groups is 1. The summed E-state index contributed by atoms with van der Waals surface area (Å²) in [6.45, 7) is 6.82. The van der Waals surface area contributed by atoms with Crippen molar-refractivity contribution in [3.05, 3.63) is 100 Å². The highest BCUT2D eigenvalue weighted by Crippen LogP contribution is 2.22. The van der Waals surface area contributed by atoms with Crippen LogP contribution in [0.5, 0.6) is 5.75 Å².